The van der Waals surface area contributed by atoms with Crippen molar-refractivity contribution in [3.05, 3.63) is 65.6 Å². The van der Waals surface area contributed by atoms with E-state index in [0.29, 0.717) is 5.56 Å². The number of hydrogen-bond donors (Lipinski definition) is 0. The number of carbonyl (C=O) groups is 1. The third-order valence-corrected chi connectivity index (χ3v) is 3.19. The number of fused-ring (bicyclic) bond motifs is 1. The number of ether oxygens (including phenoxy) is 1. The smallest absolute Gasteiger partial charge is 0.150 e. The predicted molar refractivity (Wildman–Crippen MR) is 76.4 cm³/mol. The van der Waals surface area contributed by atoms with Crippen LogP contribution in [-0.4, -0.2) is 22.8 Å². The van der Waals surface area contributed by atoms with E-state index in [2.05, 4.69) is 4.98 Å². The van der Waals surface area contributed by atoms with Gasteiger partial charge in [0.1, 0.15) is 17.7 Å². The van der Waals surface area contributed by atoms with Crippen molar-refractivity contribution in [1.82, 2.24) is 9.38 Å². The number of methoxy groups -OCH3 is 1. The zero-order valence-corrected chi connectivity index (χ0v) is 11.1. The third-order valence-electron chi connectivity index (χ3n) is 3.19. The highest BCUT2D eigenvalue weighted by Crippen LogP contribution is 2.16. The standard InChI is InChI=1S/C16H14N2O2/c1-20-15-4-2-3-12(8-15)7-14-10-18-6-5-13(11-19)9-16(18)17-14/h2-6,8-11H,7H2,1H3. The number of imidazole rings is 1. The van der Waals surface area contributed by atoms with Crippen LogP contribution in [0.3, 0.4) is 0 Å². The molecule has 0 saturated carbocycles. The van der Waals surface area contributed by atoms with Gasteiger partial charge in [0.15, 0.2) is 0 Å². The molecule has 3 aromatic rings. The summed E-state index contributed by atoms with van der Waals surface area (Å²) < 4.78 is 7.14. The van der Waals surface area contributed by atoms with Gasteiger partial charge >= 0.3 is 0 Å². The topological polar surface area (TPSA) is 43.6 Å². The molecule has 2 heterocycles. The van der Waals surface area contributed by atoms with Gasteiger partial charge in [0.05, 0.1) is 12.8 Å². The van der Waals surface area contributed by atoms with E-state index in [9.17, 15) is 4.79 Å². The number of carbonyl (C=O) groups excluding carboxylic acids is 1. The fraction of sp³-hybridized carbons (Fsp3) is 0.125. The highest BCUT2D eigenvalue weighted by molar-refractivity contribution is 5.76. The van der Waals surface area contributed by atoms with Crippen molar-refractivity contribution >= 4 is 11.9 Å². The Morgan fingerprint density at radius 1 is 1.30 bits per heavy atom. The van der Waals surface area contributed by atoms with Crippen LogP contribution in [0.15, 0.2) is 48.8 Å². The number of aldehydes is 1. The average Bonchev–Trinajstić information content (AvgIpc) is 2.88. The number of nitrogens with zero attached hydrogens (tertiary/aromatic N) is 2. The Bertz CT molecular complexity index is 762. The molecular weight excluding hydrogens is 252 g/mol. The van der Waals surface area contributed by atoms with Crippen LogP contribution in [0.5, 0.6) is 5.75 Å². The molecule has 0 atom stereocenters. The van der Waals surface area contributed by atoms with Gasteiger partial charge in [-0.05, 0) is 29.8 Å². The molecule has 0 aliphatic rings. The quantitative estimate of drug-likeness (QED) is 0.682. The monoisotopic (exact) mass is 266 g/mol. The van der Waals surface area contributed by atoms with Gasteiger partial charge in [0, 0.05) is 24.4 Å². The van der Waals surface area contributed by atoms with Crippen LogP contribution in [0.4, 0.5) is 0 Å². The maximum Gasteiger partial charge on any atom is 0.150 e. The van der Waals surface area contributed by atoms with E-state index >= 15 is 0 Å². The number of hydrogen-bond acceptors (Lipinski definition) is 3. The molecule has 0 N–H and O–H groups in total. The van der Waals surface area contributed by atoms with Crippen LogP contribution in [0.25, 0.3) is 5.65 Å². The highest BCUT2D eigenvalue weighted by atomic mass is 16.5. The summed E-state index contributed by atoms with van der Waals surface area (Å²) >= 11 is 0. The Hall–Kier alpha value is -2.62. The number of pyridine rings is 1. The van der Waals surface area contributed by atoms with Crippen molar-refractivity contribution in [2.75, 3.05) is 7.11 Å². The number of benzene rings is 1. The van der Waals surface area contributed by atoms with E-state index in [0.717, 1.165) is 35.4 Å². The third kappa shape index (κ3) is 2.40. The normalized spacial score (nSPS) is 10.7. The molecule has 4 nitrogen and oxygen atoms in total. The lowest BCUT2D eigenvalue weighted by molar-refractivity contribution is 0.112. The van der Waals surface area contributed by atoms with Crippen molar-refractivity contribution in [3.63, 3.8) is 0 Å². The largest absolute Gasteiger partial charge is 0.497 e. The van der Waals surface area contributed by atoms with Gasteiger partial charge in [-0.3, -0.25) is 4.79 Å². The minimum Gasteiger partial charge on any atom is -0.497 e. The van der Waals surface area contributed by atoms with Gasteiger partial charge in [0.25, 0.3) is 0 Å². The fourth-order valence-corrected chi connectivity index (χ4v) is 2.20. The second-order valence-corrected chi connectivity index (χ2v) is 4.60. The Morgan fingerprint density at radius 3 is 3.00 bits per heavy atom. The maximum atomic E-state index is 10.8. The Morgan fingerprint density at radius 2 is 2.20 bits per heavy atom. The van der Waals surface area contributed by atoms with Crippen LogP contribution in [0.2, 0.25) is 0 Å². The van der Waals surface area contributed by atoms with E-state index in [1.807, 2.05) is 41.1 Å². The van der Waals surface area contributed by atoms with Crippen LogP contribution >= 0.6 is 0 Å². The fourth-order valence-electron chi connectivity index (χ4n) is 2.20. The lowest BCUT2D eigenvalue weighted by Crippen LogP contribution is -1.89. The molecule has 1 aromatic carbocycles. The first-order valence-corrected chi connectivity index (χ1v) is 6.34. The molecule has 20 heavy (non-hydrogen) atoms. The first-order chi connectivity index (χ1) is 9.78. The Balaban J connectivity index is 1.92. The number of rotatable bonds is 4. The molecule has 0 aliphatic heterocycles. The van der Waals surface area contributed by atoms with Crippen LogP contribution in [0.1, 0.15) is 21.6 Å². The molecule has 0 aliphatic carbocycles. The molecule has 0 radical (unpaired) electrons. The van der Waals surface area contributed by atoms with Gasteiger partial charge in [-0.2, -0.15) is 0 Å². The van der Waals surface area contributed by atoms with Gasteiger partial charge < -0.3 is 9.14 Å². The summed E-state index contributed by atoms with van der Waals surface area (Å²) in [5.41, 5.74) is 3.52. The van der Waals surface area contributed by atoms with Crippen molar-refractivity contribution in [2.45, 2.75) is 6.42 Å². The van der Waals surface area contributed by atoms with Crippen LogP contribution in [0, 0.1) is 0 Å². The highest BCUT2D eigenvalue weighted by Gasteiger charge is 2.04. The van der Waals surface area contributed by atoms with Gasteiger partial charge in [-0.1, -0.05) is 12.1 Å². The average molecular weight is 266 g/mol. The van der Waals surface area contributed by atoms with Crippen molar-refractivity contribution < 1.29 is 9.53 Å². The van der Waals surface area contributed by atoms with E-state index in [1.165, 1.54) is 0 Å². The minimum absolute atomic E-state index is 0.635. The molecule has 2 aromatic heterocycles. The summed E-state index contributed by atoms with van der Waals surface area (Å²) in [4.78, 5) is 15.3. The van der Waals surface area contributed by atoms with E-state index < -0.39 is 0 Å². The Kier molecular flexibility index (Phi) is 3.21. The maximum absolute atomic E-state index is 10.8. The van der Waals surface area contributed by atoms with Crippen LogP contribution < -0.4 is 4.74 Å². The summed E-state index contributed by atoms with van der Waals surface area (Å²) in [5, 5.41) is 0. The second kappa shape index (κ2) is 5.17. The molecule has 0 bridgehead atoms. The minimum atomic E-state index is 0.635. The summed E-state index contributed by atoms with van der Waals surface area (Å²) in [7, 11) is 1.66. The van der Waals surface area contributed by atoms with Crippen LogP contribution in [-0.2, 0) is 6.42 Å². The first-order valence-electron chi connectivity index (χ1n) is 6.34. The molecule has 0 amide bonds. The summed E-state index contributed by atoms with van der Waals surface area (Å²) in [6.07, 6.45) is 5.39. The van der Waals surface area contributed by atoms with E-state index in [-0.39, 0.29) is 0 Å². The van der Waals surface area contributed by atoms with E-state index in [4.69, 9.17) is 4.74 Å². The molecule has 0 spiro atoms. The molecule has 100 valence electrons. The first kappa shape index (κ1) is 12.4. The summed E-state index contributed by atoms with van der Waals surface area (Å²) in [6, 6.07) is 11.5. The lowest BCUT2D eigenvalue weighted by Gasteiger charge is -2.02. The summed E-state index contributed by atoms with van der Waals surface area (Å²) in [5.74, 6) is 0.842. The second-order valence-electron chi connectivity index (χ2n) is 4.60. The molecule has 0 saturated heterocycles. The molecule has 0 unspecified atom stereocenters. The predicted octanol–water partition coefficient (Wildman–Crippen LogP) is 2.75. The van der Waals surface area contributed by atoms with E-state index in [1.54, 1.807) is 19.2 Å². The van der Waals surface area contributed by atoms with Gasteiger partial charge in [-0.15, -0.1) is 0 Å². The van der Waals surface area contributed by atoms with Crippen molar-refractivity contribution in [1.29, 1.82) is 0 Å². The molecule has 3 rings (SSSR count). The van der Waals surface area contributed by atoms with Gasteiger partial charge in [-0.25, -0.2) is 4.98 Å². The van der Waals surface area contributed by atoms with Crippen molar-refractivity contribution in [2.24, 2.45) is 0 Å². The van der Waals surface area contributed by atoms with Crippen molar-refractivity contribution in [3.8, 4) is 5.75 Å². The molecule has 4 heteroatoms. The SMILES string of the molecule is COc1cccc(Cc2cn3ccc(C=O)cc3n2)c1. The number of aromatic nitrogens is 2. The molecule has 0 fully saturated rings. The summed E-state index contributed by atoms with van der Waals surface area (Å²) in [6.45, 7) is 0. The Labute approximate surface area is 116 Å². The molecular formula is C16H14N2O2. The zero-order chi connectivity index (χ0) is 13.9. The zero-order valence-electron chi connectivity index (χ0n) is 11.1. The van der Waals surface area contributed by atoms with Gasteiger partial charge in [0.2, 0.25) is 0 Å². The lowest BCUT2D eigenvalue weighted by atomic mass is 10.1.